The normalized spacial score (nSPS) is 13.8. The second kappa shape index (κ2) is 7.47. The molecule has 3 aromatic rings. The predicted octanol–water partition coefficient (Wildman–Crippen LogP) is 3.86. The minimum absolute atomic E-state index is 0.0348. The van der Waals surface area contributed by atoms with Gasteiger partial charge >= 0.3 is 0 Å². The summed E-state index contributed by atoms with van der Waals surface area (Å²) < 4.78 is 41.2. The lowest BCUT2D eigenvalue weighted by atomic mass is 10.0. The smallest absolute Gasteiger partial charge is 0.271 e. The summed E-state index contributed by atoms with van der Waals surface area (Å²) in [4.78, 5) is 23.1. The minimum Gasteiger partial charge on any atom is -0.324 e. The second-order valence-corrected chi connectivity index (χ2v) is 8.80. The van der Waals surface area contributed by atoms with Crippen molar-refractivity contribution in [2.75, 3.05) is 16.2 Å². The lowest BCUT2D eigenvalue weighted by molar-refractivity contribution is -0.384. The molecule has 0 saturated heterocycles. The fraction of sp³-hybridized carbons (Fsp3) is 0.0952. The van der Waals surface area contributed by atoms with E-state index in [1.165, 1.54) is 36.4 Å². The van der Waals surface area contributed by atoms with Crippen LogP contribution in [0.15, 0.2) is 65.6 Å². The Balaban J connectivity index is 1.71. The summed E-state index contributed by atoms with van der Waals surface area (Å²) in [6, 6.07) is 13.8. The Labute approximate surface area is 177 Å². The van der Waals surface area contributed by atoms with Gasteiger partial charge in [-0.1, -0.05) is 24.3 Å². The van der Waals surface area contributed by atoms with Crippen LogP contribution in [0.4, 0.5) is 21.5 Å². The van der Waals surface area contributed by atoms with Crippen molar-refractivity contribution in [3.8, 4) is 11.1 Å². The van der Waals surface area contributed by atoms with E-state index in [0.29, 0.717) is 16.7 Å². The van der Waals surface area contributed by atoms with Gasteiger partial charge in [0.05, 0.1) is 21.2 Å². The summed E-state index contributed by atoms with van der Waals surface area (Å²) in [7, 11) is -4.09. The maximum absolute atomic E-state index is 13.9. The number of nitrogens with one attached hydrogen (secondary N) is 1. The molecule has 3 aromatic carbocycles. The zero-order valence-corrected chi connectivity index (χ0v) is 17.0. The maximum atomic E-state index is 13.9. The van der Waals surface area contributed by atoms with Gasteiger partial charge in [0, 0.05) is 23.3 Å². The molecule has 0 aliphatic carbocycles. The number of non-ortho nitro benzene ring substituents is 1. The zero-order valence-electron chi connectivity index (χ0n) is 16.2. The first-order valence-corrected chi connectivity index (χ1v) is 10.6. The van der Waals surface area contributed by atoms with Crippen LogP contribution in [0.1, 0.15) is 5.56 Å². The molecule has 158 valence electrons. The monoisotopic (exact) mass is 441 g/mol. The number of anilines is 2. The van der Waals surface area contributed by atoms with Crippen LogP contribution in [0.3, 0.4) is 0 Å². The van der Waals surface area contributed by atoms with E-state index in [1.807, 2.05) is 0 Å². The third-order valence-electron chi connectivity index (χ3n) is 4.97. The Hall–Kier alpha value is -3.79. The molecule has 1 N–H and O–H groups in total. The van der Waals surface area contributed by atoms with Crippen LogP contribution in [0.2, 0.25) is 0 Å². The van der Waals surface area contributed by atoms with Gasteiger partial charge in [0.2, 0.25) is 5.91 Å². The Morgan fingerprint density at radius 3 is 2.58 bits per heavy atom. The number of rotatable bonds is 4. The number of fused-ring (bicyclic) bond motifs is 3. The summed E-state index contributed by atoms with van der Waals surface area (Å²) >= 11 is 0. The number of nitro benzene ring substituents is 1. The first kappa shape index (κ1) is 20.5. The molecule has 0 atom stereocenters. The Morgan fingerprint density at radius 1 is 1.10 bits per heavy atom. The molecule has 1 aliphatic heterocycles. The Kier molecular flexibility index (Phi) is 4.94. The fourth-order valence-corrected chi connectivity index (χ4v) is 5.10. The SMILES string of the molecule is Cc1ccc([N+](=O)[O-])cc1NC(=O)CN1c2ccc(F)cc2-c2ccccc2S1(=O)=O. The number of halogens is 1. The lowest BCUT2D eigenvalue weighted by Gasteiger charge is -2.31. The highest BCUT2D eigenvalue weighted by atomic mass is 32.2. The van der Waals surface area contributed by atoms with Gasteiger partial charge in [-0.25, -0.2) is 12.8 Å². The average Bonchev–Trinajstić information content (AvgIpc) is 2.73. The van der Waals surface area contributed by atoms with Crippen molar-refractivity contribution < 1.29 is 22.5 Å². The van der Waals surface area contributed by atoms with E-state index >= 15 is 0 Å². The molecule has 0 saturated carbocycles. The van der Waals surface area contributed by atoms with Crippen molar-refractivity contribution in [3.05, 3.63) is 82.2 Å². The summed E-state index contributed by atoms with van der Waals surface area (Å²) in [5.74, 6) is -1.23. The number of hydrogen-bond acceptors (Lipinski definition) is 5. The highest BCUT2D eigenvalue weighted by Crippen LogP contribution is 2.43. The summed E-state index contributed by atoms with van der Waals surface area (Å²) in [5.41, 5.74) is 1.45. The van der Waals surface area contributed by atoms with E-state index in [2.05, 4.69) is 5.32 Å². The van der Waals surface area contributed by atoms with Gasteiger partial charge in [-0.15, -0.1) is 0 Å². The Morgan fingerprint density at radius 2 is 1.84 bits per heavy atom. The van der Waals surface area contributed by atoms with Crippen molar-refractivity contribution in [2.24, 2.45) is 0 Å². The van der Waals surface area contributed by atoms with Crippen LogP contribution in [-0.2, 0) is 14.8 Å². The number of carbonyl (C=O) groups is 1. The summed E-state index contributed by atoms with van der Waals surface area (Å²) in [6.45, 7) is 1.07. The molecule has 0 bridgehead atoms. The molecule has 0 spiro atoms. The van der Waals surface area contributed by atoms with Crippen LogP contribution in [-0.4, -0.2) is 25.8 Å². The number of hydrogen-bond donors (Lipinski definition) is 1. The minimum atomic E-state index is -4.09. The van der Waals surface area contributed by atoms with Crippen molar-refractivity contribution in [1.29, 1.82) is 0 Å². The largest absolute Gasteiger partial charge is 0.324 e. The molecule has 8 nitrogen and oxygen atoms in total. The van der Waals surface area contributed by atoms with E-state index in [-0.39, 0.29) is 22.0 Å². The molecular formula is C21H16FN3O5S. The number of sulfonamides is 1. The number of carbonyl (C=O) groups excluding carboxylic acids is 1. The molecule has 31 heavy (non-hydrogen) atoms. The highest BCUT2D eigenvalue weighted by molar-refractivity contribution is 7.93. The molecule has 1 amide bonds. The van der Waals surface area contributed by atoms with Crippen LogP contribution in [0.25, 0.3) is 11.1 Å². The van der Waals surface area contributed by atoms with Crippen molar-refractivity contribution in [3.63, 3.8) is 0 Å². The Bertz CT molecular complexity index is 1340. The number of nitrogens with zero attached hydrogens (tertiary/aromatic N) is 2. The zero-order chi connectivity index (χ0) is 22.3. The van der Waals surface area contributed by atoms with Gasteiger partial charge in [0.15, 0.2) is 0 Å². The molecule has 0 aromatic heterocycles. The standard InChI is InChI=1S/C21H16FN3O5S/c1-13-6-8-15(25(27)28)11-18(13)23-21(26)12-24-19-9-7-14(22)10-17(19)16-4-2-3-5-20(16)31(24,29)30/h2-11H,12H2,1H3,(H,23,26). The molecular weight excluding hydrogens is 425 g/mol. The van der Waals surface area contributed by atoms with E-state index in [9.17, 15) is 27.7 Å². The molecule has 1 heterocycles. The van der Waals surface area contributed by atoms with E-state index in [1.54, 1.807) is 25.1 Å². The molecule has 4 rings (SSSR count). The van der Waals surface area contributed by atoms with Crippen molar-refractivity contribution in [1.82, 2.24) is 0 Å². The van der Waals surface area contributed by atoms with Gasteiger partial charge in [0.25, 0.3) is 15.7 Å². The van der Waals surface area contributed by atoms with Gasteiger partial charge in [-0.2, -0.15) is 0 Å². The first-order valence-electron chi connectivity index (χ1n) is 9.15. The molecule has 0 unspecified atom stereocenters. The number of aryl methyl sites for hydroxylation is 1. The van der Waals surface area contributed by atoms with Crippen LogP contribution in [0.5, 0.6) is 0 Å². The van der Waals surface area contributed by atoms with Gasteiger partial charge in [-0.3, -0.25) is 19.2 Å². The van der Waals surface area contributed by atoms with Crippen molar-refractivity contribution >= 4 is 33.0 Å². The summed E-state index contributed by atoms with van der Waals surface area (Å²) in [6.07, 6.45) is 0. The molecule has 10 heteroatoms. The molecule has 0 fully saturated rings. The predicted molar refractivity (Wildman–Crippen MR) is 113 cm³/mol. The van der Waals surface area contributed by atoms with Gasteiger partial charge < -0.3 is 5.32 Å². The second-order valence-electron chi connectivity index (χ2n) is 6.97. The van der Waals surface area contributed by atoms with E-state index in [0.717, 1.165) is 10.4 Å². The third kappa shape index (κ3) is 3.61. The quantitative estimate of drug-likeness (QED) is 0.488. The topological polar surface area (TPSA) is 110 Å². The van der Waals surface area contributed by atoms with Gasteiger partial charge in [0.1, 0.15) is 12.4 Å². The van der Waals surface area contributed by atoms with E-state index in [4.69, 9.17) is 0 Å². The third-order valence-corrected chi connectivity index (χ3v) is 6.78. The highest BCUT2D eigenvalue weighted by Gasteiger charge is 2.36. The van der Waals surface area contributed by atoms with Crippen molar-refractivity contribution in [2.45, 2.75) is 11.8 Å². The number of benzene rings is 3. The maximum Gasteiger partial charge on any atom is 0.271 e. The fourth-order valence-electron chi connectivity index (χ4n) is 3.45. The average molecular weight is 441 g/mol. The lowest BCUT2D eigenvalue weighted by Crippen LogP contribution is -2.40. The van der Waals surface area contributed by atoms with E-state index < -0.39 is 33.2 Å². The van der Waals surface area contributed by atoms with Crippen LogP contribution < -0.4 is 9.62 Å². The first-order chi connectivity index (χ1) is 14.7. The van der Waals surface area contributed by atoms with Crippen LogP contribution >= 0.6 is 0 Å². The summed E-state index contributed by atoms with van der Waals surface area (Å²) in [5, 5.41) is 13.5. The molecule has 1 aliphatic rings. The number of nitro groups is 1. The van der Waals surface area contributed by atoms with Gasteiger partial charge in [-0.05, 0) is 36.8 Å². The number of amides is 1. The van der Waals surface area contributed by atoms with Crippen LogP contribution in [0, 0.1) is 22.9 Å². The molecule has 0 radical (unpaired) electrons.